The molecule has 0 aliphatic rings. The molecule has 0 fully saturated rings. The van der Waals surface area contributed by atoms with Crippen LogP contribution in [0.1, 0.15) is 22.3 Å². The summed E-state index contributed by atoms with van der Waals surface area (Å²) < 4.78 is 0. The molecule has 1 aromatic carbocycles. The summed E-state index contributed by atoms with van der Waals surface area (Å²) in [6.07, 6.45) is 5.18. The first kappa shape index (κ1) is 13.4. The Morgan fingerprint density at radius 2 is 2.00 bits per heavy atom. The van der Waals surface area contributed by atoms with Crippen LogP contribution in [0.25, 0.3) is 0 Å². The minimum absolute atomic E-state index is 0.431. The van der Waals surface area contributed by atoms with E-state index >= 15 is 0 Å². The number of halogens is 1. The Kier molecular flexibility index (Phi) is 5.37. The molecule has 3 heteroatoms. The first-order chi connectivity index (χ1) is 8.17. The number of nitrogens with zero attached hydrogens (tertiary/aromatic N) is 1. The first-order valence-corrected chi connectivity index (χ1v) is 5.61. The monoisotopic (exact) mass is 247 g/mol. The number of benzene rings is 1. The van der Waals surface area contributed by atoms with E-state index in [0.717, 1.165) is 24.0 Å². The average molecular weight is 248 g/mol. The maximum Gasteiger partial charge on any atom is 0.252 e. The zero-order chi connectivity index (χ0) is 12.7. The number of hydrogen-bond acceptors (Lipinski definition) is 2. The van der Waals surface area contributed by atoms with Gasteiger partial charge in [-0.25, -0.2) is 0 Å². The van der Waals surface area contributed by atoms with Gasteiger partial charge in [-0.05, 0) is 54.4 Å². The van der Waals surface area contributed by atoms with Crippen molar-refractivity contribution in [2.75, 3.05) is 0 Å². The fourth-order valence-corrected chi connectivity index (χ4v) is 1.55. The maximum atomic E-state index is 10.9. The molecule has 0 aromatic heterocycles. The quantitative estimate of drug-likeness (QED) is 0.427. The fraction of sp³-hybridized carbons (Fsp3) is 0.143. The van der Waals surface area contributed by atoms with E-state index in [1.807, 2.05) is 12.1 Å². The van der Waals surface area contributed by atoms with E-state index in [4.69, 9.17) is 11.6 Å². The van der Waals surface area contributed by atoms with E-state index in [9.17, 15) is 4.79 Å². The molecule has 0 bridgehead atoms. The number of carbonyl (C=O) groups is 1. The summed E-state index contributed by atoms with van der Waals surface area (Å²) >= 11 is 5.37. The highest BCUT2D eigenvalue weighted by molar-refractivity contribution is 6.67. The van der Waals surface area contributed by atoms with Crippen molar-refractivity contribution in [2.24, 2.45) is 4.99 Å². The molecule has 0 spiro atoms. The van der Waals surface area contributed by atoms with Crippen LogP contribution in [-0.2, 0) is 6.42 Å². The lowest BCUT2D eigenvalue weighted by Gasteiger charge is -2.02. The molecular weight excluding hydrogens is 234 g/mol. The third-order valence-corrected chi connectivity index (χ3v) is 2.62. The molecule has 0 saturated heterocycles. The van der Waals surface area contributed by atoms with Gasteiger partial charge in [0.15, 0.2) is 0 Å². The second kappa shape index (κ2) is 6.81. The molecule has 88 valence electrons. The minimum atomic E-state index is -0.431. The molecule has 0 aliphatic heterocycles. The largest absolute Gasteiger partial charge is 0.276 e. The van der Waals surface area contributed by atoms with Gasteiger partial charge in [0.1, 0.15) is 0 Å². The molecule has 0 unspecified atom stereocenters. The number of aliphatic imine (C=N–C) groups is 1. The average Bonchev–Trinajstić information content (AvgIpc) is 2.35. The minimum Gasteiger partial charge on any atom is -0.276 e. The highest BCUT2D eigenvalue weighted by Gasteiger charge is 2.01. The van der Waals surface area contributed by atoms with Gasteiger partial charge in [0, 0.05) is 11.8 Å². The van der Waals surface area contributed by atoms with E-state index in [-0.39, 0.29) is 0 Å². The number of rotatable bonds is 6. The Balaban J connectivity index is 2.64. The van der Waals surface area contributed by atoms with E-state index in [0.29, 0.717) is 5.56 Å². The second-order valence-corrected chi connectivity index (χ2v) is 3.90. The molecule has 0 aliphatic carbocycles. The lowest BCUT2D eigenvalue weighted by atomic mass is 10.0. The lowest BCUT2D eigenvalue weighted by Crippen LogP contribution is -1.91. The summed E-state index contributed by atoms with van der Waals surface area (Å²) in [7, 11) is 0. The molecule has 1 rings (SSSR count). The smallest absolute Gasteiger partial charge is 0.252 e. The van der Waals surface area contributed by atoms with E-state index in [1.54, 1.807) is 24.4 Å². The SMILES string of the molecule is C=C/C(=C\N=C)CCc1ccc(C(=O)Cl)cc1. The second-order valence-electron chi connectivity index (χ2n) is 3.56. The molecule has 0 saturated carbocycles. The summed E-state index contributed by atoms with van der Waals surface area (Å²) in [5.41, 5.74) is 2.70. The predicted molar refractivity (Wildman–Crippen MR) is 72.8 cm³/mol. The van der Waals surface area contributed by atoms with Gasteiger partial charge in [0.2, 0.25) is 0 Å². The molecule has 0 amide bonds. The maximum absolute atomic E-state index is 10.9. The van der Waals surface area contributed by atoms with Crippen molar-refractivity contribution in [1.82, 2.24) is 0 Å². The zero-order valence-electron chi connectivity index (χ0n) is 9.53. The van der Waals surface area contributed by atoms with E-state index in [1.165, 1.54) is 0 Å². The highest BCUT2D eigenvalue weighted by Crippen LogP contribution is 2.12. The molecule has 0 N–H and O–H groups in total. The first-order valence-electron chi connectivity index (χ1n) is 5.23. The van der Waals surface area contributed by atoms with Gasteiger partial charge in [-0.3, -0.25) is 9.79 Å². The van der Waals surface area contributed by atoms with Crippen LogP contribution in [0.4, 0.5) is 0 Å². The third kappa shape index (κ3) is 4.37. The topological polar surface area (TPSA) is 29.4 Å². The highest BCUT2D eigenvalue weighted by atomic mass is 35.5. The van der Waals surface area contributed by atoms with Gasteiger partial charge in [-0.15, -0.1) is 0 Å². The summed E-state index contributed by atoms with van der Waals surface area (Å²) in [5, 5.41) is -0.431. The van der Waals surface area contributed by atoms with Crippen molar-refractivity contribution in [2.45, 2.75) is 12.8 Å². The van der Waals surface area contributed by atoms with Gasteiger partial charge in [0.05, 0.1) is 0 Å². The van der Waals surface area contributed by atoms with Crippen molar-refractivity contribution < 1.29 is 4.79 Å². The summed E-state index contributed by atoms with van der Waals surface area (Å²) in [6.45, 7) is 7.12. The van der Waals surface area contributed by atoms with E-state index < -0.39 is 5.24 Å². The molecule has 1 aromatic rings. The van der Waals surface area contributed by atoms with Crippen molar-refractivity contribution in [3.05, 3.63) is 59.8 Å². The van der Waals surface area contributed by atoms with Gasteiger partial charge in [-0.1, -0.05) is 24.8 Å². The third-order valence-electron chi connectivity index (χ3n) is 2.40. The molecule has 0 atom stereocenters. The molecule has 17 heavy (non-hydrogen) atoms. The standard InChI is InChI=1S/C14H14ClNO/c1-3-11(10-16-2)4-5-12-6-8-13(9-7-12)14(15)17/h3,6-10H,1-2,4-5H2/b11-10+. The van der Waals surface area contributed by atoms with Crippen LogP contribution in [0.2, 0.25) is 0 Å². The Morgan fingerprint density at radius 3 is 2.47 bits per heavy atom. The van der Waals surface area contributed by atoms with Crippen molar-refractivity contribution >= 4 is 23.6 Å². The number of allylic oxidation sites excluding steroid dienone is 2. The summed E-state index contributed by atoms with van der Waals surface area (Å²) in [6, 6.07) is 7.26. The van der Waals surface area contributed by atoms with Crippen molar-refractivity contribution in [1.29, 1.82) is 0 Å². The molecule has 2 nitrogen and oxygen atoms in total. The molecular formula is C14H14ClNO. The van der Waals surface area contributed by atoms with Gasteiger partial charge >= 0.3 is 0 Å². The van der Waals surface area contributed by atoms with Crippen LogP contribution in [0, 0.1) is 0 Å². The Bertz CT molecular complexity index is 446. The van der Waals surface area contributed by atoms with Crippen molar-refractivity contribution in [3.63, 3.8) is 0 Å². The Hall–Kier alpha value is -1.67. The number of carbonyl (C=O) groups excluding carboxylic acids is 1. The van der Waals surface area contributed by atoms with Crippen molar-refractivity contribution in [3.8, 4) is 0 Å². The van der Waals surface area contributed by atoms with Crippen LogP contribution in [0.5, 0.6) is 0 Å². The van der Waals surface area contributed by atoms with Crippen LogP contribution in [0.15, 0.2) is 53.7 Å². The van der Waals surface area contributed by atoms with Crippen LogP contribution in [-0.4, -0.2) is 12.0 Å². The normalized spacial score (nSPS) is 11.0. The fourth-order valence-electron chi connectivity index (χ4n) is 1.43. The van der Waals surface area contributed by atoms with E-state index in [2.05, 4.69) is 18.3 Å². The zero-order valence-corrected chi connectivity index (χ0v) is 10.3. The number of hydrogen-bond donors (Lipinski definition) is 0. The van der Waals surface area contributed by atoms with Gasteiger partial charge in [0.25, 0.3) is 5.24 Å². The van der Waals surface area contributed by atoms with Crippen LogP contribution in [0.3, 0.4) is 0 Å². The Labute approximate surface area is 106 Å². The van der Waals surface area contributed by atoms with Gasteiger partial charge in [-0.2, -0.15) is 0 Å². The lowest BCUT2D eigenvalue weighted by molar-refractivity contribution is 0.108. The van der Waals surface area contributed by atoms with Crippen LogP contribution < -0.4 is 0 Å². The van der Waals surface area contributed by atoms with Crippen LogP contribution >= 0.6 is 11.6 Å². The number of aryl methyl sites for hydroxylation is 1. The van der Waals surface area contributed by atoms with Gasteiger partial charge < -0.3 is 0 Å². The molecule has 0 heterocycles. The Morgan fingerprint density at radius 1 is 1.35 bits per heavy atom. The predicted octanol–water partition coefficient (Wildman–Crippen LogP) is 3.77. The summed E-state index contributed by atoms with van der Waals surface area (Å²) in [4.78, 5) is 14.6. The summed E-state index contributed by atoms with van der Waals surface area (Å²) in [5.74, 6) is 0. The molecule has 0 radical (unpaired) electrons.